The molecule has 1 saturated carbocycles. The Morgan fingerprint density at radius 2 is 1.75 bits per heavy atom. The average Bonchev–Trinajstić information content (AvgIpc) is 3.16. The fourth-order valence-corrected chi connectivity index (χ4v) is 2.98. The topological polar surface area (TPSA) is 24.1 Å². The van der Waals surface area contributed by atoms with Crippen LogP contribution < -0.4 is 10.6 Å². The highest BCUT2D eigenvalue weighted by Gasteiger charge is 2.38. The number of rotatable bonds is 4. The minimum Gasteiger partial charge on any atom is -0.317 e. The van der Waals surface area contributed by atoms with Crippen LogP contribution in [0.4, 0.5) is 8.78 Å². The maximum absolute atomic E-state index is 13.2. The van der Waals surface area contributed by atoms with Gasteiger partial charge in [-0.1, -0.05) is 0 Å². The summed E-state index contributed by atoms with van der Waals surface area (Å²) in [7, 11) is 0. The molecule has 2 fully saturated rings. The van der Waals surface area contributed by atoms with Gasteiger partial charge >= 0.3 is 0 Å². The molecule has 5 heteroatoms. The molecule has 3 rings (SSSR count). The van der Waals surface area contributed by atoms with Crippen molar-refractivity contribution in [2.75, 3.05) is 19.6 Å². The lowest BCUT2D eigenvalue weighted by Gasteiger charge is -2.22. The first-order chi connectivity index (χ1) is 9.22. The van der Waals surface area contributed by atoms with Gasteiger partial charge in [0.1, 0.15) is 11.6 Å². The van der Waals surface area contributed by atoms with Crippen molar-refractivity contribution in [3.05, 3.63) is 35.4 Å². The van der Waals surface area contributed by atoms with Crippen LogP contribution in [0.5, 0.6) is 0 Å². The number of hydrogen-bond acceptors (Lipinski definition) is 2. The van der Waals surface area contributed by atoms with E-state index in [-0.39, 0.29) is 18.3 Å². The first kappa shape index (κ1) is 15.7. The van der Waals surface area contributed by atoms with Crippen LogP contribution in [-0.2, 0) is 0 Å². The van der Waals surface area contributed by atoms with Crippen molar-refractivity contribution in [1.82, 2.24) is 10.6 Å². The summed E-state index contributed by atoms with van der Waals surface area (Å²) in [5.74, 6) is 0.0803. The minimum absolute atomic E-state index is 0. The molecule has 0 aromatic heterocycles. The molecular formula is C15H21ClF2N2. The van der Waals surface area contributed by atoms with Crippen LogP contribution in [0.2, 0.25) is 0 Å². The van der Waals surface area contributed by atoms with Crippen molar-refractivity contribution in [2.24, 2.45) is 5.92 Å². The summed E-state index contributed by atoms with van der Waals surface area (Å²) in [4.78, 5) is 0. The lowest BCUT2D eigenvalue weighted by Crippen LogP contribution is -2.34. The zero-order valence-electron chi connectivity index (χ0n) is 11.4. The first-order valence-electron chi connectivity index (χ1n) is 7.12. The van der Waals surface area contributed by atoms with Gasteiger partial charge in [-0.05, 0) is 62.5 Å². The van der Waals surface area contributed by atoms with E-state index in [9.17, 15) is 8.78 Å². The molecule has 2 aliphatic rings. The van der Waals surface area contributed by atoms with E-state index in [4.69, 9.17) is 0 Å². The summed E-state index contributed by atoms with van der Waals surface area (Å²) in [6.45, 7) is 3.24. The summed E-state index contributed by atoms with van der Waals surface area (Å²) < 4.78 is 26.3. The molecule has 112 valence electrons. The normalized spacial score (nSPS) is 26.1. The Balaban J connectivity index is 0.00000147. The summed E-state index contributed by atoms with van der Waals surface area (Å²) in [5.41, 5.74) is 0.792. The molecule has 1 aromatic carbocycles. The molecule has 0 amide bonds. The van der Waals surface area contributed by atoms with Gasteiger partial charge in [-0.3, -0.25) is 0 Å². The zero-order valence-corrected chi connectivity index (χ0v) is 12.2. The van der Waals surface area contributed by atoms with E-state index in [1.807, 2.05) is 0 Å². The van der Waals surface area contributed by atoms with Crippen LogP contribution in [0.3, 0.4) is 0 Å². The Kier molecular flexibility index (Phi) is 5.35. The van der Waals surface area contributed by atoms with Gasteiger partial charge in [0.05, 0.1) is 0 Å². The maximum Gasteiger partial charge on any atom is 0.126 e. The Labute approximate surface area is 124 Å². The fourth-order valence-electron chi connectivity index (χ4n) is 2.98. The average molecular weight is 303 g/mol. The number of piperidine rings is 1. The van der Waals surface area contributed by atoms with Crippen LogP contribution >= 0.6 is 12.4 Å². The highest BCUT2D eigenvalue weighted by molar-refractivity contribution is 5.85. The molecule has 0 radical (unpaired) electrons. The van der Waals surface area contributed by atoms with Gasteiger partial charge in [0.15, 0.2) is 0 Å². The fraction of sp³-hybridized carbons (Fsp3) is 0.600. The van der Waals surface area contributed by atoms with Crippen molar-refractivity contribution < 1.29 is 8.78 Å². The maximum atomic E-state index is 13.2. The molecule has 1 saturated heterocycles. The van der Waals surface area contributed by atoms with Crippen molar-refractivity contribution in [3.63, 3.8) is 0 Å². The predicted molar refractivity (Wildman–Crippen MR) is 78.3 cm³/mol. The lowest BCUT2D eigenvalue weighted by atomic mass is 9.98. The second-order valence-electron chi connectivity index (χ2n) is 5.75. The second kappa shape index (κ2) is 6.83. The molecule has 2 atom stereocenters. The molecule has 1 aliphatic carbocycles. The predicted octanol–water partition coefficient (Wildman–Crippen LogP) is 2.83. The number of hydrogen-bond donors (Lipinski definition) is 2. The number of benzene rings is 1. The van der Waals surface area contributed by atoms with E-state index in [1.165, 1.54) is 25.0 Å². The zero-order chi connectivity index (χ0) is 13.2. The van der Waals surface area contributed by atoms with Gasteiger partial charge < -0.3 is 10.6 Å². The van der Waals surface area contributed by atoms with Gasteiger partial charge in [0.25, 0.3) is 0 Å². The van der Waals surface area contributed by atoms with E-state index >= 15 is 0 Å². The lowest BCUT2D eigenvalue weighted by molar-refractivity contribution is 0.355. The summed E-state index contributed by atoms with van der Waals surface area (Å²) in [6.07, 6.45) is 3.44. The summed E-state index contributed by atoms with van der Waals surface area (Å²) in [5, 5.41) is 6.90. The Bertz CT molecular complexity index is 429. The van der Waals surface area contributed by atoms with Gasteiger partial charge in [-0.15, -0.1) is 12.4 Å². The molecule has 20 heavy (non-hydrogen) atoms. The Morgan fingerprint density at radius 3 is 2.40 bits per heavy atom. The smallest absolute Gasteiger partial charge is 0.126 e. The molecule has 0 unspecified atom stereocenters. The third-order valence-corrected chi connectivity index (χ3v) is 4.23. The van der Waals surface area contributed by atoms with Crippen molar-refractivity contribution in [2.45, 2.75) is 31.2 Å². The Morgan fingerprint density at radius 1 is 1.10 bits per heavy atom. The van der Waals surface area contributed by atoms with Gasteiger partial charge in [-0.2, -0.15) is 0 Å². The third-order valence-electron chi connectivity index (χ3n) is 4.23. The van der Waals surface area contributed by atoms with Crippen LogP contribution in [-0.4, -0.2) is 25.7 Å². The van der Waals surface area contributed by atoms with E-state index in [2.05, 4.69) is 10.6 Å². The summed E-state index contributed by atoms with van der Waals surface area (Å²) in [6, 6.07) is 4.25. The van der Waals surface area contributed by atoms with Crippen LogP contribution in [0, 0.1) is 17.6 Å². The van der Waals surface area contributed by atoms with Crippen LogP contribution in [0.25, 0.3) is 0 Å². The molecule has 0 spiro atoms. The van der Waals surface area contributed by atoms with Crippen LogP contribution in [0.15, 0.2) is 18.2 Å². The molecule has 0 bridgehead atoms. The monoisotopic (exact) mass is 302 g/mol. The van der Waals surface area contributed by atoms with Gasteiger partial charge in [0, 0.05) is 18.0 Å². The first-order valence-corrected chi connectivity index (χ1v) is 7.12. The second-order valence-corrected chi connectivity index (χ2v) is 5.75. The highest BCUT2D eigenvalue weighted by atomic mass is 35.5. The SMILES string of the molecule is Cl.Fc1cc(F)cc([C@H]2C[C@@H]2NCC2CCNCC2)c1. The Hall–Kier alpha value is -0.710. The number of halogens is 3. The summed E-state index contributed by atoms with van der Waals surface area (Å²) >= 11 is 0. The third kappa shape index (κ3) is 3.90. The molecule has 1 aromatic rings. The van der Waals surface area contributed by atoms with E-state index in [0.29, 0.717) is 6.04 Å². The molecule has 1 heterocycles. The van der Waals surface area contributed by atoms with Gasteiger partial charge in [-0.25, -0.2) is 8.78 Å². The quantitative estimate of drug-likeness (QED) is 0.894. The highest BCUT2D eigenvalue weighted by Crippen LogP contribution is 2.41. The minimum atomic E-state index is -0.473. The van der Waals surface area contributed by atoms with E-state index < -0.39 is 11.6 Å². The van der Waals surface area contributed by atoms with Gasteiger partial charge in [0.2, 0.25) is 0 Å². The van der Waals surface area contributed by atoms with Crippen molar-refractivity contribution in [1.29, 1.82) is 0 Å². The van der Waals surface area contributed by atoms with Crippen LogP contribution in [0.1, 0.15) is 30.7 Å². The van der Waals surface area contributed by atoms with E-state index in [0.717, 1.165) is 43.6 Å². The molecule has 2 N–H and O–H groups in total. The molecule has 2 nitrogen and oxygen atoms in total. The molecule has 1 aliphatic heterocycles. The number of nitrogens with one attached hydrogen (secondary N) is 2. The standard InChI is InChI=1S/C15H20F2N2.ClH/c16-12-5-11(6-13(17)7-12)14-8-15(14)19-9-10-1-3-18-4-2-10;/h5-7,10,14-15,18-19H,1-4,8-9H2;1H/t14-,15+;/m1./s1. The van der Waals surface area contributed by atoms with E-state index in [1.54, 1.807) is 0 Å². The molecular weight excluding hydrogens is 282 g/mol. The van der Waals surface area contributed by atoms with Crippen molar-refractivity contribution >= 4 is 12.4 Å². The van der Waals surface area contributed by atoms with Crippen molar-refractivity contribution in [3.8, 4) is 0 Å². The largest absolute Gasteiger partial charge is 0.317 e.